The van der Waals surface area contributed by atoms with Crippen molar-refractivity contribution in [3.8, 4) is 5.75 Å². The molecule has 7 heteroatoms. The molecule has 154 valence electrons. The fourth-order valence-corrected chi connectivity index (χ4v) is 2.95. The zero-order chi connectivity index (χ0) is 21.2. The lowest BCUT2D eigenvalue weighted by Crippen LogP contribution is -2.40. The Kier molecular flexibility index (Phi) is 8.21. The maximum Gasteiger partial charge on any atom is 0.407 e. The molecule has 2 atom stereocenters. The molecule has 0 aromatic heterocycles. The van der Waals surface area contributed by atoms with Crippen molar-refractivity contribution >= 4 is 17.8 Å². The second kappa shape index (κ2) is 10.8. The second-order valence-electron chi connectivity index (χ2n) is 6.33. The zero-order valence-corrected chi connectivity index (χ0v) is 17.0. The average molecular weight is 398 g/mol. The highest BCUT2D eigenvalue weighted by molar-refractivity contribution is 6.02. The summed E-state index contributed by atoms with van der Waals surface area (Å²) in [5, 5.41) is 2.73. The van der Waals surface area contributed by atoms with E-state index in [9.17, 15) is 9.59 Å². The topological polar surface area (TPSA) is 86.2 Å². The molecule has 0 heterocycles. The number of carbonyl (C=O) groups excluding carboxylic acids is 2. The highest BCUT2D eigenvalue weighted by atomic mass is 16.5. The van der Waals surface area contributed by atoms with Crippen molar-refractivity contribution < 1.29 is 23.8 Å². The zero-order valence-electron chi connectivity index (χ0n) is 17.0. The van der Waals surface area contributed by atoms with Gasteiger partial charge in [-0.3, -0.25) is 9.79 Å². The minimum Gasteiger partial charge on any atom is -0.497 e. The van der Waals surface area contributed by atoms with Crippen LogP contribution in [0.25, 0.3) is 0 Å². The summed E-state index contributed by atoms with van der Waals surface area (Å²) < 4.78 is 15.1. The predicted molar refractivity (Wildman–Crippen MR) is 110 cm³/mol. The van der Waals surface area contributed by atoms with Crippen LogP contribution in [0.15, 0.2) is 59.6 Å². The van der Waals surface area contributed by atoms with Crippen LogP contribution in [0, 0.1) is 5.92 Å². The Morgan fingerprint density at radius 3 is 2.34 bits per heavy atom. The standard InChI is InChI=1S/C22H26N2O5/c1-15(23-14-16-9-6-5-7-10-16)19(21(25)28-3)20(24-22(26)29-4)17-11-8-12-18(13-17)27-2/h5-13,19-20H,14H2,1-4H3,(H,24,26)/t19?,20-/m0/s1. The molecule has 2 rings (SSSR count). The normalized spacial score (nSPS) is 13.2. The van der Waals surface area contributed by atoms with Crippen LogP contribution in [0.3, 0.4) is 0 Å². The summed E-state index contributed by atoms with van der Waals surface area (Å²) in [6, 6.07) is 16.1. The summed E-state index contributed by atoms with van der Waals surface area (Å²) >= 11 is 0. The van der Waals surface area contributed by atoms with Crippen molar-refractivity contribution in [2.75, 3.05) is 21.3 Å². The van der Waals surface area contributed by atoms with Crippen molar-refractivity contribution in [1.29, 1.82) is 0 Å². The van der Waals surface area contributed by atoms with Crippen molar-refractivity contribution in [3.63, 3.8) is 0 Å². The van der Waals surface area contributed by atoms with Gasteiger partial charge in [-0.25, -0.2) is 4.79 Å². The van der Waals surface area contributed by atoms with Crippen molar-refractivity contribution in [2.24, 2.45) is 10.9 Å². The van der Waals surface area contributed by atoms with E-state index in [-0.39, 0.29) is 0 Å². The number of amides is 1. The molecule has 0 aliphatic heterocycles. The van der Waals surface area contributed by atoms with E-state index in [2.05, 4.69) is 10.3 Å². The molecule has 0 radical (unpaired) electrons. The van der Waals surface area contributed by atoms with Gasteiger partial charge in [0.1, 0.15) is 11.7 Å². The second-order valence-corrected chi connectivity index (χ2v) is 6.33. The number of nitrogens with zero attached hydrogens (tertiary/aromatic N) is 1. The lowest BCUT2D eigenvalue weighted by atomic mass is 9.89. The average Bonchev–Trinajstić information content (AvgIpc) is 2.77. The van der Waals surface area contributed by atoms with Gasteiger partial charge in [0, 0.05) is 5.71 Å². The SMILES string of the molecule is COC(=O)N[C@@H](c1cccc(OC)c1)C(C(=O)OC)C(C)=NCc1ccccc1. The third-order valence-corrected chi connectivity index (χ3v) is 4.50. The molecule has 0 fully saturated rings. The molecule has 1 N–H and O–H groups in total. The van der Waals surface area contributed by atoms with E-state index in [0.29, 0.717) is 23.6 Å². The number of aliphatic imine (C=N–C) groups is 1. The van der Waals surface area contributed by atoms with Crippen LogP contribution in [-0.2, 0) is 20.8 Å². The lowest BCUT2D eigenvalue weighted by molar-refractivity contribution is -0.143. The molecule has 0 aliphatic carbocycles. The minimum atomic E-state index is -0.838. The third kappa shape index (κ3) is 6.07. The number of carbonyl (C=O) groups is 2. The molecule has 0 aliphatic rings. The molecular weight excluding hydrogens is 372 g/mol. The third-order valence-electron chi connectivity index (χ3n) is 4.50. The smallest absolute Gasteiger partial charge is 0.407 e. The summed E-state index contributed by atoms with van der Waals surface area (Å²) in [5.41, 5.74) is 2.21. The molecule has 2 aromatic rings. The van der Waals surface area contributed by atoms with E-state index in [1.54, 1.807) is 38.3 Å². The van der Waals surface area contributed by atoms with E-state index in [1.165, 1.54) is 14.2 Å². The number of ether oxygens (including phenoxy) is 3. The van der Waals surface area contributed by atoms with Crippen LogP contribution in [-0.4, -0.2) is 39.1 Å². The molecule has 0 bridgehead atoms. The minimum absolute atomic E-state index is 0.406. The number of nitrogens with one attached hydrogen (secondary N) is 1. The fourth-order valence-electron chi connectivity index (χ4n) is 2.95. The van der Waals surface area contributed by atoms with Gasteiger partial charge in [0.05, 0.1) is 33.9 Å². The Morgan fingerprint density at radius 2 is 1.72 bits per heavy atom. The van der Waals surface area contributed by atoms with E-state index in [1.807, 2.05) is 30.3 Å². The molecule has 0 spiro atoms. The first-order valence-corrected chi connectivity index (χ1v) is 9.11. The molecule has 2 aromatic carbocycles. The Morgan fingerprint density at radius 1 is 1.00 bits per heavy atom. The molecule has 0 saturated carbocycles. The summed E-state index contributed by atoms with van der Waals surface area (Å²) in [7, 11) is 4.12. The summed E-state index contributed by atoms with van der Waals surface area (Å²) in [6.07, 6.45) is -0.664. The number of benzene rings is 2. The Labute approximate surface area is 170 Å². The van der Waals surface area contributed by atoms with Gasteiger partial charge in [-0.05, 0) is 30.2 Å². The molecule has 1 amide bonds. The van der Waals surface area contributed by atoms with E-state index >= 15 is 0 Å². The Bertz CT molecular complexity index is 851. The highest BCUT2D eigenvalue weighted by Crippen LogP contribution is 2.28. The van der Waals surface area contributed by atoms with Gasteiger partial charge < -0.3 is 19.5 Å². The number of esters is 1. The maximum atomic E-state index is 12.7. The van der Waals surface area contributed by atoms with E-state index < -0.39 is 24.0 Å². The summed E-state index contributed by atoms with van der Waals surface area (Å²) in [5.74, 6) is -0.750. The first-order valence-electron chi connectivity index (χ1n) is 9.11. The van der Waals surface area contributed by atoms with E-state index in [0.717, 1.165) is 5.56 Å². The lowest BCUT2D eigenvalue weighted by Gasteiger charge is -2.26. The van der Waals surface area contributed by atoms with Crippen molar-refractivity contribution in [3.05, 3.63) is 65.7 Å². The number of hydrogen-bond acceptors (Lipinski definition) is 6. The van der Waals surface area contributed by atoms with Gasteiger partial charge in [0.15, 0.2) is 0 Å². The molecule has 1 unspecified atom stereocenters. The summed E-state index contributed by atoms with van der Waals surface area (Å²) in [4.78, 5) is 29.3. The predicted octanol–water partition coefficient (Wildman–Crippen LogP) is 3.54. The van der Waals surface area contributed by atoms with Crippen molar-refractivity contribution in [2.45, 2.75) is 19.5 Å². The fraction of sp³-hybridized carbons (Fsp3) is 0.318. The number of hydrogen-bond donors (Lipinski definition) is 1. The van der Waals surface area contributed by atoms with Gasteiger partial charge in [-0.15, -0.1) is 0 Å². The molecule has 0 saturated heterocycles. The number of alkyl carbamates (subject to hydrolysis) is 1. The van der Waals surface area contributed by atoms with Crippen LogP contribution in [0.1, 0.15) is 24.1 Å². The number of methoxy groups -OCH3 is 3. The van der Waals surface area contributed by atoms with Gasteiger partial charge >= 0.3 is 12.1 Å². The Balaban J connectivity index is 2.43. The first kappa shape index (κ1) is 21.9. The molecule has 7 nitrogen and oxygen atoms in total. The van der Waals surface area contributed by atoms with Crippen LogP contribution in [0.2, 0.25) is 0 Å². The van der Waals surface area contributed by atoms with E-state index in [4.69, 9.17) is 14.2 Å². The quantitative estimate of drug-likeness (QED) is 0.543. The van der Waals surface area contributed by atoms with Crippen LogP contribution in [0.5, 0.6) is 5.75 Å². The highest BCUT2D eigenvalue weighted by Gasteiger charge is 2.34. The van der Waals surface area contributed by atoms with Gasteiger partial charge in [-0.1, -0.05) is 42.5 Å². The van der Waals surface area contributed by atoms with Crippen molar-refractivity contribution in [1.82, 2.24) is 5.32 Å². The monoisotopic (exact) mass is 398 g/mol. The van der Waals surface area contributed by atoms with Gasteiger partial charge in [-0.2, -0.15) is 0 Å². The van der Waals surface area contributed by atoms with Gasteiger partial charge in [0.25, 0.3) is 0 Å². The maximum absolute atomic E-state index is 12.7. The van der Waals surface area contributed by atoms with Gasteiger partial charge in [0.2, 0.25) is 0 Å². The van der Waals surface area contributed by atoms with Crippen LogP contribution in [0.4, 0.5) is 4.79 Å². The number of rotatable bonds is 8. The van der Waals surface area contributed by atoms with Crippen LogP contribution >= 0.6 is 0 Å². The molecule has 29 heavy (non-hydrogen) atoms. The van der Waals surface area contributed by atoms with Crippen LogP contribution < -0.4 is 10.1 Å². The largest absolute Gasteiger partial charge is 0.497 e. The first-order chi connectivity index (χ1) is 14.0. The molecular formula is C22H26N2O5. The Hall–Kier alpha value is -3.35. The summed E-state index contributed by atoms with van der Waals surface area (Å²) in [6.45, 7) is 2.15.